The van der Waals surface area contributed by atoms with Gasteiger partial charge in [-0.05, 0) is 18.3 Å². The van der Waals surface area contributed by atoms with Crippen LogP contribution in [0, 0.1) is 11.8 Å². The molecule has 0 spiro atoms. The summed E-state index contributed by atoms with van der Waals surface area (Å²) in [5.74, 6) is 1.29. The normalized spacial score (nSPS) is 20.0. The minimum absolute atomic E-state index is 0.0535. The Bertz CT molecular complexity index is 822. The monoisotopic (exact) mass is 355 g/mol. The van der Waals surface area contributed by atoms with Gasteiger partial charge in [0, 0.05) is 24.7 Å². The van der Waals surface area contributed by atoms with Crippen LogP contribution in [0.1, 0.15) is 20.3 Å². The zero-order valence-electron chi connectivity index (χ0n) is 15.5. The molecule has 1 aromatic carbocycles. The average Bonchev–Trinajstić information content (AvgIpc) is 2.63. The second kappa shape index (κ2) is 7.72. The fourth-order valence-electron chi connectivity index (χ4n) is 3.63. The van der Waals surface area contributed by atoms with Gasteiger partial charge in [-0.15, -0.1) is 0 Å². The molecule has 1 saturated heterocycles. The van der Waals surface area contributed by atoms with Gasteiger partial charge in [0.05, 0.1) is 7.11 Å². The number of likely N-dealkylation sites (tertiary alicyclic amines) is 1. The van der Waals surface area contributed by atoms with Gasteiger partial charge in [0.1, 0.15) is 12.2 Å². The van der Waals surface area contributed by atoms with Gasteiger partial charge in [-0.2, -0.15) is 5.10 Å². The zero-order chi connectivity index (χ0) is 18.7. The summed E-state index contributed by atoms with van der Waals surface area (Å²) in [6.45, 7) is 5.73. The number of amides is 1. The smallest absolute Gasteiger partial charge is 0.270 e. The predicted molar refractivity (Wildman–Crippen MR) is 100 cm³/mol. The van der Waals surface area contributed by atoms with E-state index in [1.54, 1.807) is 0 Å². The summed E-state index contributed by atoms with van der Waals surface area (Å²) in [5, 5.41) is 4.42. The molecule has 6 heteroatoms. The van der Waals surface area contributed by atoms with Crippen LogP contribution in [0.25, 0.3) is 11.3 Å². The molecular weight excluding hydrogens is 330 g/mol. The number of carbonyl (C=O) groups is 1. The number of rotatable bonds is 4. The number of hydrogen-bond donors (Lipinski definition) is 0. The Hall–Kier alpha value is -2.63. The molecule has 2 aromatic rings. The van der Waals surface area contributed by atoms with Crippen molar-refractivity contribution in [2.24, 2.45) is 11.8 Å². The second-order valence-electron chi connectivity index (χ2n) is 7.17. The highest BCUT2D eigenvalue weighted by atomic mass is 16.5. The van der Waals surface area contributed by atoms with Crippen molar-refractivity contribution in [1.29, 1.82) is 0 Å². The Kier molecular flexibility index (Phi) is 5.40. The third-order valence-electron chi connectivity index (χ3n) is 4.74. The van der Waals surface area contributed by atoms with E-state index in [1.165, 1.54) is 17.9 Å². The Morgan fingerprint density at radius 3 is 2.46 bits per heavy atom. The van der Waals surface area contributed by atoms with E-state index in [-0.39, 0.29) is 18.0 Å². The Morgan fingerprint density at radius 1 is 1.19 bits per heavy atom. The molecule has 0 saturated carbocycles. The summed E-state index contributed by atoms with van der Waals surface area (Å²) >= 11 is 0. The molecule has 2 heterocycles. The first kappa shape index (κ1) is 18.2. The number of carbonyl (C=O) groups excluding carboxylic acids is 1. The molecule has 138 valence electrons. The highest BCUT2D eigenvalue weighted by Crippen LogP contribution is 2.25. The number of methoxy groups -OCH3 is 1. The first-order valence-electron chi connectivity index (χ1n) is 8.97. The van der Waals surface area contributed by atoms with E-state index in [9.17, 15) is 9.59 Å². The van der Waals surface area contributed by atoms with Crippen LogP contribution in [-0.2, 0) is 11.3 Å². The van der Waals surface area contributed by atoms with Crippen LogP contribution < -0.4 is 10.3 Å². The van der Waals surface area contributed by atoms with E-state index >= 15 is 0 Å². The molecular formula is C20H25N3O3. The fourth-order valence-corrected chi connectivity index (χ4v) is 3.63. The summed E-state index contributed by atoms with van der Waals surface area (Å²) in [6.07, 6.45) is 1.13. The molecule has 0 bridgehead atoms. The van der Waals surface area contributed by atoms with Crippen LogP contribution in [0.4, 0.5) is 0 Å². The summed E-state index contributed by atoms with van der Waals surface area (Å²) in [4.78, 5) is 26.9. The van der Waals surface area contributed by atoms with Crippen LogP contribution in [-0.4, -0.2) is 40.8 Å². The van der Waals surface area contributed by atoms with Crippen molar-refractivity contribution >= 4 is 5.91 Å². The van der Waals surface area contributed by atoms with Crippen molar-refractivity contribution in [3.63, 3.8) is 0 Å². The quantitative estimate of drug-likeness (QED) is 0.845. The SMILES string of the molecule is COc1cc(=O)n(CC(=O)N2CC(C)CC(C)C2)nc1-c1ccccc1. The topological polar surface area (TPSA) is 64.4 Å². The standard InChI is InChI=1S/C20H25N3O3/c1-14-9-15(2)12-22(11-14)19(25)13-23-18(24)10-17(26-3)20(21-23)16-7-5-4-6-8-16/h4-8,10,14-15H,9,11-13H2,1-3H3. The van der Waals surface area contributed by atoms with Gasteiger partial charge in [-0.3, -0.25) is 9.59 Å². The van der Waals surface area contributed by atoms with Crippen molar-refractivity contribution in [1.82, 2.24) is 14.7 Å². The molecule has 26 heavy (non-hydrogen) atoms. The number of ether oxygens (including phenoxy) is 1. The van der Waals surface area contributed by atoms with E-state index in [4.69, 9.17) is 4.74 Å². The van der Waals surface area contributed by atoms with Crippen molar-refractivity contribution in [2.45, 2.75) is 26.8 Å². The lowest BCUT2D eigenvalue weighted by atomic mass is 9.92. The van der Waals surface area contributed by atoms with Crippen molar-refractivity contribution in [2.75, 3.05) is 20.2 Å². The number of piperidine rings is 1. The van der Waals surface area contributed by atoms with Crippen molar-refractivity contribution in [3.8, 4) is 17.0 Å². The van der Waals surface area contributed by atoms with Crippen molar-refractivity contribution in [3.05, 3.63) is 46.8 Å². The average molecular weight is 355 g/mol. The molecule has 6 nitrogen and oxygen atoms in total. The molecule has 1 aromatic heterocycles. The lowest BCUT2D eigenvalue weighted by molar-refractivity contribution is -0.134. The van der Waals surface area contributed by atoms with Gasteiger partial charge in [-0.25, -0.2) is 4.68 Å². The van der Waals surface area contributed by atoms with Gasteiger partial charge in [0.2, 0.25) is 5.91 Å². The van der Waals surface area contributed by atoms with E-state index in [0.717, 1.165) is 25.1 Å². The molecule has 0 radical (unpaired) electrons. The summed E-state index contributed by atoms with van der Waals surface area (Å²) in [7, 11) is 1.51. The third-order valence-corrected chi connectivity index (χ3v) is 4.74. The maximum atomic E-state index is 12.7. The highest BCUT2D eigenvalue weighted by Gasteiger charge is 2.26. The van der Waals surface area contributed by atoms with Gasteiger partial charge in [0.15, 0.2) is 5.75 Å². The molecule has 0 aliphatic carbocycles. The summed E-state index contributed by atoms with van der Waals surface area (Å²) < 4.78 is 6.55. The first-order chi connectivity index (χ1) is 12.5. The summed E-state index contributed by atoms with van der Waals surface area (Å²) in [6, 6.07) is 10.9. The molecule has 1 aliphatic heterocycles. The first-order valence-corrected chi connectivity index (χ1v) is 8.97. The maximum absolute atomic E-state index is 12.7. The van der Waals surface area contributed by atoms with E-state index in [2.05, 4.69) is 18.9 Å². The molecule has 2 unspecified atom stereocenters. The van der Waals surface area contributed by atoms with Crippen LogP contribution in [0.5, 0.6) is 5.75 Å². The minimum Gasteiger partial charge on any atom is -0.494 e. The van der Waals surface area contributed by atoms with Gasteiger partial charge >= 0.3 is 0 Å². The molecule has 1 fully saturated rings. The van der Waals surface area contributed by atoms with Crippen LogP contribution >= 0.6 is 0 Å². The largest absolute Gasteiger partial charge is 0.494 e. The molecule has 2 atom stereocenters. The Balaban J connectivity index is 1.88. The lowest BCUT2D eigenvalue weighted by Gasteiger charge is -2.35. The third kappa shape index (κ3) is 3.95. The molecule has 0 N–H and O–H groups in total. The minimum atomic E-state index is -0.340. The fraction of sp³-hybridized carbons (Fsp3) is 0.450. The zero-order valence-corrected chi connectivity index (χ0v) is 15.5. The maximum Gasteiger partial charge on any atom is 0.270 e. The molecule has 1 aliphatic rings. The lowest BCUT2D eigenvalue weighted by Crippen LogP contribution is -2.45. The van der Waals surface area contributed by atoms with E-state index < -0.39 is 0 Å². The molecule has 3 rings (SSSR count). The Morgan fingerprint density at radius 2 is 1.85 bits per heavy atom. The van der Waals surface area contributed by atoms with Gasteiger partial charge in [0.25, 0.3) is 5.56 Å². The van der Waals surface area contributed by atoms with E-state index in [1.807, 2.05) is 35.2 Å². The highest BCUT2D eigenvalue weighted by molar-refractivity contribution is 5.76. The predicted octanol–water partition coefficient (Wildman–Crippen LogP) is 2.42. The summed E-state index contributed by atoms with van der Waals surface area (Å²) in [5.41, 5.74) is 1.06. The number of benzene rings is 1. The Labute approximate surface area is 153 Å². The second-order valence-corrected chi connectivity index (χ2v) is 7.17. The van der Waals surface area contributed by atoms with Crippen LogP contribution in [0.2, 0.25) is 0 Å². The number of nitrogens with zero attached hydrogens (tertiary/aromatic N) is 3. The molecule has 1 amide bonds. The van der Waals surface area contributed by atoms with E-state index in [0.29, 0.717) is 23.3 Å². The number of hydrogen-bond acceptors (Lipinski definition) is 4. The number of aromatic nitrogens is 2. The van der Waals surface area contributed by atoms with Crippen molar-refractivity contribution < 1.29 is 9.53 Å². The van der Waals surface area contributed by atoms with Crippen LogP contribution in [0.15, 0.2) is 41.2 Å². The van der Waals surface area contributed by atoms with Crippen LogP contribution in [0.3, 0.4) is 0 Å². The van der Waals surface area contributed by atoms with Gasteiger partial charge < -0.3 is 9.64 Å². The van der Waals surface area contributed by atoms with Gasteiger partial charge in [-0.1, -0.05) is 44.2 Å².